The summed E-state index contributed by atoms with van der Waals surface area (Å²) in [6.07, 6.45) is 0. The molecule has 0 unspecified atom stereocenters. The van der Waals surface area contributed by atoms with Gasteiger partial charge in [-0.3, -0.25) is 9.35 Å². The van der Waals surface area contributed by atoms with Crippen molar-refractivity contribution in [2.75, 3.05) is 19.8 Å². The average Bonchev–Trinajstić information content (AvgIpc) is 1.95. The van der Waals surface area contributed by atoms with Gasteiger partial charge >= 0.3 is 21.3 Å². The molecule has 0 atom stereocenters. The first-order chi connectivity index (χ1) is 6.74. The van der Waals surface area contributed by atoms with Gasteiger partial charge in [0.25, 0.3) is 0 Å². The number of carbonyl (C=O) groups excluding carboxylic acids is 1. The first-order valence-electron chi connectivity index (χ1n) is 3.83. The summed E-state index contributed by atoms with van der Waals surface area (Å²) in [7, 11) is -5.55. The highest BCUT2D eigenvalue weighted by Gasteiger charge is 2.46. The van der Waals surface area contributed by atoms with Crippen LogP contribution in [-0.2, 0) is 24.4 Å². The first-order valence-corrected chi connectivity index (χ1v) is 5.27. The lowest BCUT2D eigenvalue weighted by Crippen LogP contribution is -2.40. The Kier molecular flexibility index (Phi) is 3.26. The van der Waals surface area contributed by atoms with E-state index >= 15 is 0 Å². The molecule has 9 heteroatoms. The fourth-order valence-electron chi connectivity index (χ4n) is 0.719. The van der Waals surface area contributed by atoms with E-state index in [0.29, 0.717) is 0 Å². The van der Waals surface area contributed by atoms with E-state index in [1.165, 1.54) is 0 Å². The molecule has 1 saturated heterocycles. The molecule has 0 aromatic carbocycles. The lowest BCUT2D eigenvalue weighted by atomic mass is 10.1. The Bertz CT molecular complexity index is 347. The first kappa shape index (κ1) is 12.3. The second-order valence-corrected chi connectivity index (χ2v) is 4.50. The molecule has 1 N–H and O–H groups in total. The van der Waals surface area contributed by atoms with Crippen molar-refractivity contribution in [2.45, 2.75) is 5.25 Å². The normalized spacial score (nSPS) is 18.3. The second kappa shape index (κ2) is 3.99. The highest BCUT2D eigenvalue weighted by atomic mass is 32.2. The summed E-state index contributed by atoms with van der Waals surface area (Å²) in [5.41, 5.74) is 0. The molecule has 0 aliphatic carbocycles. The van der Waals surface area contributed by atoms with Gasteiger partial charge in [-0.2, -0.15) is 17.2 Å². The van der Waals surface area contributed by atoms with E-state index in [1.807, 2.05) is 0 Å². The minimum Gasteiger partial charge on any atom is -0.458 e. The molecule has 1 fully saturated rings. The summed E-state index contributed by atoms with van der Waals surface area (Å²) in [4.78, 5) is 10.9. The maximum Gasteiger partial charge on any atom is 0.402 e. The van der Waals surface area contributed by atoms with Gasteiger partial charge in [0.05, 0.1) is 13.2 Å². The van der Waals surface area contributed by atoms with Crippen molar-refractivity contribution < 1.29 is 36.0 Å². The van der Waals surface area contributed by atoms with E-state index < -0.39 is 33.9 Å². The van der Waals surface area contributed by atoms with Crippen LogP contribution in [0.15, 0.2) is 0 Å². The minimum absolute atomic E-state index is 0.0658. The van der Waals surface area contributed by atoms with Crippen LogP contribution in [0.2, 0.25) is 0 Å². The minimum atomic E-state index is -5.55. The molecule has 1 aliphatic rings. The van der Waals surface area contributed by atoms with E-state index in [4.69, 9.17) is 4.55 Å². The van der Waals surface area contributed by atoms with Crippen LogP contribution in [0.25, 0.3) is 0 Å². The molecule has 15 heavy (non-hydrogen) atoms. The molecule has 1 heterocycles. The molecule has 0 aromatic heterocycles. The maximum atomic E-state index is 12.5. The van der Waals surface area contributed by atoms with Crippen molar-refractivity contribution in [3.05, 3.63) is 0 Å². The Hall–Kier alpha value is -0.800. The van der Waals surface area contributed by atoms with Crippen molar-refractivity contribution in [1.29, 1.82) is 0 Å². The monoisotopic (exact) mass is 246 g/mol. The SMILES string of the molecule is O=C(OCC(F)(F)S(=O)(=O)O)C1COC1. The highest BCUT2D eigenvalue weighted by Crippen LogP contribution is 2.22. The van der Waals surface area contributed by atoms with Crippen LogP contribution in [0.1, 0.15) is 0 Å². The second-order valence-electron chi connectivity index (χ2n) is 2.95. The van der Waals surface area contributed by atoms with Gasteiger partial charge in [-0.25, -0.2) is 0 Å². The summed E-state index contributed by atoms with van der Waals surface area (Å²) in [6, 6.07) is 0. The van der Waals surface area contributed by atoms with Gasteiger partial charge in [0.1, 0.15) is 5.92 Å². The van der Waals surface area contributed by atoms with Crippen molar-refractivity contribution in [2.24, 2.45) is 5.92 Å². The van der Waals surface area contributed by atoms with Crippen LogP contribution in [0.4, 0.5) is 8.78 Å². The third-order valence-corrected chi connectivity index (χ3v) is 2.60. The van der Waals surface area contributed by atoms with E-state index in [2.05, 4.69) is 9.47 Å². The van der Waals surface area contributed by atoms with Crippen LogP contribution in [0.3, 0.4) is 0 Å². The lowest BCUT2D eigenvalue weighted by Gasteiger charge is -2.24. The molecular weight excluding hydrogens is 238 g/mol. The van der Waals surface area contributed by atoms with Crippen molar-refractivity contribution in [3.8, 4) is 0 Å². The quantitative estimate of drug-likeness (QED) is 0.539. The summed E-state index contributed by atoms with van der Waals surface area (Å²) in [6.45, 7) is -1.56. The molecule has 0 radical (unpaired) electrons. The maximum absolute atomic E-state index is 12.5. The van der Waals surface area contributed by atoms with Gasteiger partial charge in [0.2, 0.25) is 0 Å². The lowest BCUT2D eigenvalue weighted by molar-refractivity contribution is -0.168. The van der Waals surface area contributed by atoms with Gasteiger partial charge in [-0.1, -0.05) is 0 Å². The van der Waals surface area contributed by atoms with E-state index in [0.717, 1.165) is 0 Å². The van der Waals surface area contributed by atoms with Gasteiger partial charge in [0, 0.05) is 0 Å². The predicted molar refractivity (Wildman–Crippen MR) is 41.8 cm³/mol. The summed E-state index contributed by atoms with van der Waals surface area (Å²) < 4.78 is 62.0. The smallest absolute Gasteiger partial charge is 0.402 e. The van der Waals surface area contributed by atoms with Gasteiger partial charge in [-0.15, -0.1) is 0 Å². The zero-order chi connectivity index (χ0) is 11.7. The number of alkyl halides is 2. The summed E-state index contributed by atoms with van der Waals surface area (Å²) in [5.74, 6) is -1.60. The number of hydrogen-bond acceptors (Lipinski definition) is 5. The Labute approximate surface area is 83.9 Å². The van der Waals surface area contributed by atoms with Crippen LogP contribution in [-0.4, -0.2) is 44.0 Å². The Balaban J connectivity index is 2.45. The number of hydrogen-bond donors (Lipinski definition) is 1. The molecule has 0 spiro atoms. The van der Waals surface area contributed by atoms with E-state index in [-0.39, 0.29) is 13.2 Å². The third-order valence-electron chi connectivity index (χ3n) is 1.73. The zero-order valence-corrected chi connectivity index (χ0v) is 8.17. The van der Waals surface area contributed by atoms with Crippen molar-refractivity contribution >= 4 is 16.1 Å². The molecule has 0 aromatic rings. The Morgan fingerprint density at radius 1 is 1.53 bits per heavy atom. The Morgan fingerprint density at radius 3 is 2.40 bits per heavy atom. The molecule has 1 aliphatic heterocycles. The largest absolute Gasteiger partial charge is 0.458 e. The zero-order valence-electron chi connectivity index (χ0n) is 7.35. The molecule has 0 bridgehead atoms. The van der Waals surface area contributed by atoms with Crippen LogP contribution >= 0.6 is 0 Å². The van der Waals surface area contributed by atoms with E-state index in [1.54, 1.807) is 0 Å². The van der Waals surface area contributed by atoms with Gasteiger partial charge in [0.15, 0.2) is 6.61 Å². The van der Waals surface area contributed by atoms with Gasteiger partial charge < -0.3 is 9.47 Å². The fraction of sp³-hybridized carbons (Fsp3) is 0.833. The molecule has 88 valence electrons. The summed E-state index contributed by atoms with van der Waals surface area (Å²) >= 11 is 0. The number of ether oxygens (including phenoxy) is 2. The number of carbonyl (C=O) groups is 1. The Morgan fingerprint density at radius 2 is 2.07 bits per heavy atom. The average molecular weight is 246 g/mol. The van der Waals surface area contributed by atoms with Crippen molar-refractivity contribution in [3.63, 3.8) is 0 Å². The number of rotatable bonds is 4. The number of halogens is 2. The van der Waals surface area contributed by atoms with Gasteiger partial charge in [-0.05, 0) is 0 Å². The van der Waals surface area contributed by atoms with Crippen LogP contribution < -0.4 is 0 Å². The van der Waals surface area contributed by atoms with E-state index in [9.17, 15) is 22.0 Å². The molecule has 1 rings (SSSR count). The third kappa shape index (κ3) is 2.83. The van der Waals surface area contributed by atoms with Crippen LogP contribution in [0, 0.1) is 5.92 Å². The molecule has 0 saturated carbocycles. The van der Waals surface area contributed by atoms with Crippen molar-refractivity contribution in [1.82, 2.24) is 0 Å². The fourth-order valence-corrected chi connectivity index (χ4v) is 0.927. The number of esters is 1. The topological polar surface area (TPSA) is 89.9 Å². The highest BCUT2D eigenvalue weighted by molar-refractivity contribution is 7.86. The predicted octanol–water partition coefficient (Wildman–Crippen LogP) is -0.343. The van der Waals surface area contributed by atoms with Crippen LogP contribution in [0.5, 0.6) is 0 Å². The molecule has 6 nitrogen and oxygen atoms in total. The standard InChI is InChI=1S/C6H8F2O6S/c7-6(8,15(10,11)12)3-14-5(9)4-1-13-2-4/h4H,1-3H2,(H,10,11,12). The molecule has 0 amide bonds. The summed E-state index contributed by atoms with van der Waals surface area (Å²) in [5, 5.41) is -4.48. The molecular formula is C6H8F2O6S.